The molecule has 4 aliphatic carbocycles. The fourth-order valence-electron chi connectivity index (χ4n) is 8.16. The molecule has 3 fully saturated rings. The summed E-state index contributed by atoms with van der Waals surface area (Å²) in [6, 6.07) is 4.33. The van der Waals surface area contributed by atoms with Gasteiger partial charge in [-0.2, -0.15) is 0 Å². The van der Waals surface area contributed by atoms with Crippen LogP contribution in [0.25, 0.3) is 5.57 Å². The van der Waals surface area contributed by atoms with E-state index in [0.29, 0.717) is 22.5 Å². The lowest BCUT2D eigenvalue weighted by molar-refractivity contribution is -0.131. The summed E-state index contributed by atoms with van der Waals surface area (Å²) in [5.41, 5.74) is 3.70. The van der Waals surface area contributed by atoms with Gasteiger partial charge >= 0.3 is 0 Å². The zero-order valence-corrected chi connectivity index (χ0v) is 17.8. The Kier molecular flexibility index (Phi) is 4.34. The largest absolute Gasteiger partial charge is 0.300 e. The average molecular weight is 378 g/mol. The van der Waals surface area contributed by atoms with E-state index in [1.54, 1.807) is 5.57 Å². The van der Waals surface area contributed by atoms with Gasteiger partial charge in [-0.15, -0.1) is 0 Å². The van der Waals surface area contributed by atoms with Crippen LogP contribution in [0, 0.1) is 40.4 Å². The van der Waals surface area contributed by atoms with E-state index in [4.69, 9.17) is 0 Å². The normalized spacial score (nSPS) is 44.8. The molecular formula is C26H35NO. The van der Waals surface area contributed by atoms with Crippen LogP contribution >= 0.6 is 0 Å². The van der Waals surface area contributed by atoms with Gasteiger partial charge in [0.25, 0.3) is 0 Å². The van der Waals surface area contributed by atoms with Crippen molar-refractivity contribution >= 4 is 11.4 Å². The summed E-state index contributed by atoms with van der Waals surface area (Å²) < 4.78 is 0. The number of nitrogens with zero attached hydrogens (tertiary/aromatic N) is 1. The Morgan fingerprint density at radius 2 is 1.96 bits per heavy atom. The third-order valence-electron chi connectivity index (χ3n) is 9.79. The SMILES string of the molecule is CC(=O)[C@H]1CC[C@@]2(C)[C@@H](CC[C@@H]3[C@@H]2CC[C@]2(C)C(c4cccnc4)=CC[C@@H]32)C1. The van der Waals surface area contributed by atoms with Crippen LogP contribution in [0.3, 0.4) is 0 Å². The van der Waals surface area contributed by atoms with Gasteiger partial charge in [-0.25, -0.2) is 0 Å². The van der Waals surface area contributed by atoms with Crippen LogP contribution in [0.4, 0.5) is 0 Å². The van der Waals surface area contributed by atoms with Gasteiger partial charge in [-0.3, -0.25) is 9.78 Å². The Morgan fingerprint density at radius 1 is 1.11 bits per heavy atom. The molecule has 0 amide bonds. The van der Waals surface area contributed by atoms with Crippen molar-refractivity contribution in [2.24, 2.45) is 40.4 Å². The van der Waals surface area contributed by atoms with E-state index in [1.807, 2.05) is 13.1 Å². The van der Waals surface area contributed by atoms with Crippen LogP contribution in [0.5, 0.6) is 0 Å². The van der Waals surface area contributed by atoms with Crippen LogP contribution in [-0.4, -0.2) is 10.8 Å². The number of allylic oxidation sites excluding steroid dienone is 2. The minimum atomic E-state index is 0.323. The average Bonchev–Trinajstić information content (AvgIpc) is 3.05. The molecule has 0 aromatic carbocycles. The number of aromatic nitrogens is 1. The van der Waals surface area contributed by atoms with Crippen molar-refractivity contribution in [3.8, 4) is 0 Å². The number of pyridine rings is 1. The summed E-state index contributed by atoms with van der Waals surface area (Å²) >= 11 is 0. The monoisotopic (exact) mass is 377 g/mol. The second-order valence-electron chi connectivity index (χ2n) is 10.8. The Bertz CT molecular complexity index is 798. The molecule has 0 N–H and O–H groups in total. The summed E-state index contributed by atoms with van der Waals surface area (Å²) in [5, 5.41) is 0. The molecule has 1 aromatic rings. The van der Waals surface area contributed by atoms with Crippen molar-refractivity contribution in [2.45, 2.75) is 72.1 Å². The number of carbonyl (C=O) groups is 1. The number of rotatable bonds is 2. The first kappa shape index (κ1) is 18.6. The van der Waals surface area contributed by atoms with Crippen molar-refractivity contribution in [1.82, 2.24) is 4.98 Å². The Balaban J connectivity index is 1.41. The topological polar surface area (TPSA) is 30.0 Å². The molecule has 2 heteroatoms. The number of carbonyl (C=O) groups excluding carboxylic acids is 1. The number of hydrogen-bond donors (Lipinski definition) is 0. The maximum absolute atomic E-state index is 12.0. The maximum atomic E-state index is 12.0. The van der Waals surface area contributed by atoms with Crippen molar-refractivity contribution in [3.05, 3.63) is 36.2 Å². The fraction of sp³-hybridized carbons (Fsp3) is 0.692. The molecule has 0 radical (unpaired) electrons. The Labute approximate surface area is 170 Å². The van der Waals surface area contributed by atoms with Crippen LogP contribution in [0.2, 0.25) is 0 Å². The summed E-state index contributed by atoms with van der Waals surface area (Å²) in [4.78, 5) is 16.4. The van der Waals surface area contributed by atoms with Crippen molar-refractivity contribution in [1.29, 1.82) is 0 Å². The van der Waals surface area contributed by atoms with Gasteiger partial charge in [0.2, 0.25) is 0 Å². The van der Waals surface area contributed by atoms with Crippen molar-refractivity contribution in [2.75, 3.05) is 0 Å². The highest BCUT2D eigenvalue weighted by molar-refractivity contribution is 5.78. The minimum absolute atomic E-state index is 0.323. The van der Waals surface area contributed by atoms with E-state index in [2.05, 4.69) is 43.2 Å². The zero-order chi connectivity index (χ0) is 19.5. The summed E-state index contributed by atoms with van der Waals surface area (Å²) in [6.45, 7) is 6.95. The molecule has 5 rings (SSSR count). The van der Waals surface area contributed by atoms with Gasteiger partial charge in [0.15, 0.2) is 0 Å². The molecule has 0 unspecified atom stereocenters. The molecule has 0 aliphatic heterocycles. The highest BCUT2D eigenvalue weighted by Crippen LogP contribution is 2.67. The predicted molar refractivity (Wildman–Crippen MR) is 113 cm³/mol. The van der Waals surface area contributed by atoms with Gasteiger partial charge in [-0.05, 0) is 110 Å². The van der Waals surface area contributed by atoms with Crippen LogP contribution in [0.15, 0.2) is 30.6 Å². The van der Waals surface area contributed by atoms with E-state index in [-0.39, 0.29) is 0 Å². The second-order valence-corrected chi connectivity index (χ2v) is 10.8. The van der Waals surface area contributed by atoms with Crippen molar-refractivity contribution in [3.63, 3.8) is 0 Å². The lowest BCUT2D eigenvalue weighted by Crippen LogP contribution is -2.53. The van der Waals surface area contributed by atoms with E-state index >= 15 is 0 Å². The van der Waals surface area contributed by atoms with E-state index < -0.39 is 0 Å². The standard InChI is InChI=1S/C26H35NO/c1-17(28)18-10-12-25(2)20(15-18)6-7-21-23-9-8-22(19-5-4-14-27-16-19)26(23,3)13-11-24(21)25/h4-5,8,14,16,18,20-21,23-24H,6-7,9-13,15H2,1-3H3/t18-,20-,21-,23-,24-,25-,26+/m0/s1. The Hall–Kier alpha value is -1.44. The van der Waals surface area contributed by atoms with Crippen molar-refractivity contribution < 1.29 is 4.79 Å². The molecule has 0 bridgehead atoms. The highest BCUT2D eigenvalue weighted by Gasteiger charge is 2.58. The third kappa shape index (κ3) is 2.59. The molecule has 0 spiro atoms. The first-order valence-electron chi connectivity index (χ1n) is 11.5. The highest BCUT2D eigenvalue weighted by atomic mass is 16.1. The van der Waals surface area contributed by atoms with Crippen LogP contribution in [-0.2, 0) is 4.79 Å². The molecule has 1 aromatic heterocycles. The number of Topliss-reactive ketones (excluding diaryl/α,β-unsaturated/α-hetero) is 1. The molecule has 7 atom stereocenters. The summed E-state index contributed by atoms with van der Waals surface area (Å²) in [6.07, 6.45) is 16.7. The van der Waals surface area contributed by atoms with Gasteiger partial charge < -0.3 is 0 Å². The summed E-state index contributed by atoms with van der Waals surface area (Å²) in [7, 11) is 0. The van der Waals surface area contributed by atoms with Crippen LogP contribution < -0.4 is 0 Å². The molecule has 0 saturated heterocycles. The van der Waals surface area contributed by atoms with Gasteiger partial charge in [0.05, 0.1) is 0 Å². The second kappa shape index (κ2) is 6.54. The quantitative estimate of drug-likeness (QED) is 0.603. The number of ketones is 1. The van der Waals surface area contributed by atoms with Gasteiger partial charge in [0, 0.05) is 18.3 Å². The lowest BCUT2D eigenvalue weighted by Gasteiger charge is -2.61. The summed E-state index contributed by atoms with van der Waals surface area (Å²) in [5.74, 6) is 4.06. The smallest absolute Gasteiger partial charge is 0.132 e. The molecule has 1 heterocycles. The van der Waals surface area contributed by atoms with Gasteiger partial charge in [0.1, 0.15) is 5.78 Å². The maximum Gasteiger partial charge on any atom is 0.132 e. The molecule has 2 nitrogen and oxygen atoms in total. The zero-order valence-electron chi connectivity index (χ0n) is 17.8. The van der Waals surface area contributed by atoms with Gasteiger partial charge in [-0.1, -0.05) is 26.0 Å². The molecular weight excluding hydrogens is 342 g/mol. The molecule has 28 heavy (non-hydrogen) atoms. The van der Waals surface area contributed by atoms with E-state index in [1.165, 1.54) is 44.1 Å². The molecule has 3 saturated carbocycles. The number of hydrogen-bond acceptors (Lipinski definition) is 2. The predicted octanol–water partition coefficient (Wildman–Crippen LogP) is 6.32. The van der Waals surface area contributed by atoms with E-state index in [0.717, 1.165) is 36.5 Å². The first-order chi connectivity index (χ1) is 13.4. The minimum Gasteiger partial charge on any atom is -0.300 e. The third-order valence-corrected chi connectivity index (χ3v) is 9.79. The number of fused-ring (bicyclic) bond motifs is 5. The Morgan fingerprint density at radius 3 is 2.71 bits per heavy atom. The first-order valence-corrected chi connectivity index (χ1v) is 11.5. The van der Waals surface area contributed by atoms with Crippen LogP contribution in [0.1, 0.15) is 77.7 Å². The lowest BCUT2D eigenvalue weighted by atomic mass is 9.44. The molecule has 4 aliphatic rings. The van der Waals surface area contributed by atoms with E-state index in [9.17, 15) is 4.79 Å². The fourth-order valence-corrected chi connectivity index (χ4v) is 8.16. The molecule has 150 valence electrons.